The predicted molar refractivity (Wildman–Crippen MR) is 97.3 cm³/mol. The average molecular weight is 365 g/mol. The molecule has 0 aromatic heterocycles. The molecule has 26 heavy (non-hydrogen) atoms. The molecule has 146 valence electrons. The van der Waals surface area contributed by atoms with Crippen molar-refractivity contribution in [2.75, 3.05) is 53.4 Å². The van der Waals surface area contributed by atoms with Gasteiger partial charge in [0.1, 0.15) is 6.54 Å². The van der Waals surface area contributed by atoms with E-state index in [4.69, 9.17) is 5.73 Å². The second kappa shape index (κ2) is 7.42. The Hall–Kier alpha value is -1.83. The van der Waals surface area contributed by atoms with Crippen LogP contribution in [0.25, 0.3) is 0 Å². The van der Waals surface area contributed by atoms with Crippen LogP contribution in [0.15, 0.2) is 0 Å². The van der Waals surface area contributed by atoms with E-state index in [9.17, 15) is 14.4 Å². The van der Waals surface area contributed by atoms with Crippen molar-refractivity contribution in [3.63, 3.8) is 0 Å². The molecule has 1 saturated carbocycles. The number of likely N-dealkylation sites (tertiary alicyclic amines) is 1. The first kappa shape index (κ1) is 18.9. The van der Waals surface area contributed by atoms with E-state index in [0.717, 1.165) is 32.5 Å². The number of nitrogens with zero attached hydrogens (tertiary/aromatic N) is 4. The molecule has 3 fully saturated rings. The Balaban J connectivity index is 1.65. The van der Waals surface area contributed by atoms with Crippen molar-refractivity contribution in [3.05, 3.63) is 0 Å². The molecule has 2 saturated heterocycles. The van der Waals surface area contributed by atoms with Crippen molar-refractivity contribution >= 4 is 17.8 Å². The number of primary amides is 1. The summed E-state index contributed by atoms with van der Waals surface area (Å²) in [6.45, 7) is 3.70. The maximum atomic E-state index is 12.6. The van der Waals surface area contributed by atoms with Gasteiger partial charge in [-0.25, -0.2) is 4.79 Å². The lowest BCUT2D eigenvalue weighted by molar-refractivity contribution is -0.137. The molecule has 1 aliphatic carbocycles. The van der Waals surface area contributed by atoms with Gasteiger partial charge in [0.2, 0.25) is 11.8 Å². The van der Waals surface area contributed by atoms with E-state index in [0.29, 0.717) is 25.4 Å². The summed E-state index contributed by atoms with van der Waals surface area (Å²) in [5.41, 5.74) is 5.07. The van der Waals surface area contributed by atoms with Crippen LogP contribution in [0.1, 0.15) is 32.1 Å². The monoisotopic (exact) mass is 365 g/mol. The van der Waals surface area contributed by atoms with Gasteiger partial charge in [0.25, 0.3) is 0 Å². The summed E-state index contributed by atoms with van der Waals surface area (Å²) in [6.07, 6.45) is 4.69. The first-order valence-corrected chi connectivity index (χ1v) is 9.58. The molecule has 8 heteroatoms. The fraction of sp³-hybridized carbons (Fsp3) is 0.833. The van der Waals surface area contributed by atoms with Crippen LogP contribution < -0.4 is 5.73 Å². The van der Waals surface area contributed by atoms with Crippen LogP contribution >= 0.6 is 0 Å². The highest BCUT2D eigenvalue weighted by Crippen LogP contribution is 2.35. The Morgan fingerprint density at radius 2 is 1.96 bits per heavy atom. The minimum absolute atomic E-state index is 0.00185. The number of carbonyl (C=O) groups excluding carboxylic acids is 3. The second-order valence-electron chi connectivity index (χ2n) is 8.19. The van der Waals surface area contributed by atoms with Crippen molar-refractivity contribution in [2.45, 2.75) is 37.6 Å². The Labute approximate surface area is 155 Å². The molecule has 1 spiro atoms. The van der Waals surface area contributed by atoms with Gasteiger partial charge in [-0.3, -0.25) is 14.5 Å². The number of likely N-dealkylation sites (N-methyl/N-ethyl adjacent to an activating group) is 2. The number of amides is 4. The highest BCUT2D eigenvalue weighted by molar-refractivity contribution is 5.83. The zero-order valence-corrected chi connectivity index (χ0v) is 15.9. The minimum atomic E-state index is -0.599. The SMILES string of the molecule is CN(CC(=O)N1CCN(C)[C@@]2(CCC(=O)N(CC3CC3)CC2)C1)C(N)=O. The molecule has 3 rings (SSSR count). The van der Waals surface area contributed by atoms with Crippen LogP contribution in [0.3, 0.4) is 0 Å². The van der Waals surface area contributed by atoms with Gasteiger partial charge in [-0.15, -0.1) is 0 Å². The van der Waals surface area contributed by atoms with Crippen LogP contribution in [0.5, 0.6) is 0 Å². The Bertz CT molecular complexity index is 579. The third-order valence-corrected chi connectivity index (χ3v) is 6.28. The van der Waals surface area contributed by atoms with Gasteiger partial charge in [-0.1, -0.05) is 0 Å². The third kappa shape index (κ3) is 4.11. The number of hydrogen-bond acceptors (Lipinski definition) is 4. The van der Waals surface area contributed by atoms with E-state index in [1.807, 2.05) is 9.80 Å². The molecule has 1 atom stereocenters. The first-order chi connectivity index (χ1) is 12.3. The predicted octanol–water partition coefficient (Wildman–Crippen LogP) is -0.0678. The fourth-order valence-electron chi connectivity index (χ4n) is 4.09. The lowest BCUT2D eigenvalue weighted by Gasteiger charge is -2.49. The summed E-state index contributed by atoms with van der Waals surface area (Å²) in [5, 5.41) is 0. The van der Waals surface area contributed by atoms with E-state index in [2.05, 4.69) is 11.9 Å². The van der Waals surface area contributed by atoms with Gasteiger partial charge in [-0.2, -0.15) is 0 Å². The molecule has 2 aliphatic heterocycles. The summed E-state index contributed by atoms with van der Waals surface area (Å²) >= 11 is 0. The molecule has 0 unspecified atom stereocenters. The summed E-state index contributed by atoms with van der Waals surface area (Å²) in [5.74, 6) is 0.864. The zero-order chi connectivity index (χ0) is 18.9. The average Bonchev–Trinajstić information content (AvgIpc) is 3.42. The zero-order valence-electron chi connectivity index (χ0n) is 15.9. The Morgan fingerprint density at radius 3 is 2.62 bits per heavy atom. The molecule has 0 bridgehead atoms. The van der Waals surface area contributed by atoms with Gasteiger partial charge in [0, 0.05) is 51.7 Å². The first-order valence-electron chi connectivity index (χ1n) is 9.58. The number of rotatable bonds is 4. The molecule has 0 aromatic carbocycles. The number of carbonyl (C=O) groups is 3. The maximum Gasteiger partial charge on any atom is 0.314 e. The Kier molecular flexibility index (Phi) is 5.41. The van der Waals surface area contributed by atoms with Crippen molar-refractivity contribution < 1.29 is 14.4 Å². The molecule has 3 aliphatic rings. The summed E-state index contributed by atoms with van der Waals surface area (Å²) in [7, 11) is 3.63. The molecule has 2 N–H and O–H groups in total. The molecule has 4 amide bonds. The molecular weight excluding hydrogens is 334 g/mol. The van der Waals surface area contributed by atoms with Gasteiger partial charge in [0.05, 0.1) is 0 Å². The van der Waals surface area contributed by atoms with E-state index in [1.54, 1.807) is 0 Å². The van der Waals surface area contributed by atoms with E-state index >= 15 is 0 Å². The van der Waals surface area contributed by atoms with Crippen LogP contribution in [-0.2, 0) is 9.59 Å². The van der Waals surface area contributed by atoms with Gasteiger partial charge in [0.15, 0.2) is 0 Å². The smallest absolute Gasteiger partial charge is 0.314 e. The summed E-state index contributed by atoms with van der Waals surface area (Å²) in [4.78, 5) is 43.7. The van der Waals surface area contributed by atoms with E-state index < -0.39 is 6.03 Å². The number of hydrogen-bond donors (Lipinski definition) is 1. The minimum Gasteiger partial charge on any atom is -0.351 e. The standard InChI is InChI=1S/C18H31N5O3/c1-20(17(19)26)12-16(25)23-10-9-21(2)18(13-23)6-5-15(24)22(8-7-18)11-14-3-4-14/h14H,3-13H2,1-2H3,(H2,19,26)/t18-/m1/s1. The lowest BCUT2D eigenvalue weighted by Crippen LogP contribution is -2.63. The largest absolute Gasteiger partial charge is 0.351 e. The second-order valence-corrected chi connectivity index (χ2v) is 8.19. The van der Waals surface area contributed by atoms with E-state index in [1.165, 1.54) is 24.8 Å². The van der Waals surface area contributed by atoms with Crippen molar-refractivity contribution in [1.82, 2.24) is 19.6 Å². The van der Waals surface area contributed by atoms with Crippen LogP contribution in [-0.4, -0.2) is 96.3 Å². The van der Waals surface area contributed by atoms with Crippen molar-refractivity contribution in [2.24, 2.45) is 11.7 Å². The molecule has 8 nitrogen and oxygen atoms in total. The molecule has 2 heterocycles. The molecular formula is C18H31N5O3. The lowest BCUT2D eigenvalue weighted by atomic mass is 9.86. The summed E-state index contributed by atoms with van der Waals surface area (Å²) < 4.78 is 0. The van der Waals surface area contributed by atoms with Gasteiger partial charge < -0.3 is 20.4 Å². The Morgan fingerprint density at radius 1 is 1.23 bits per heavy atom. The maximum absolute atomic E-state index is 12.6. The highest BCUT2D eigenvalue weighted by atomic mass is 16.2. The number of urea groups is 1. The van der Waals surface area contributed by atoms with Gasteiger partial charge in [-0.05, 0) is 38.6 Å². The number of piperazine rings is 1. The molecule has 0 aromatic rings. The summed E-state index contributed by atoms with van der Waals surface area (Å²) in [6, 6.07) is -0.599. The molecule has 0 radical (unpaired) electrons. The van der Waals surface area contributed by atoms with Crippen LogP contribution in [0.2, 0.25) is 0 Å². The fourth-order valence-corrected chi connectivity index (χ4v) is 4.09. The van der Waals surface area contributed by atoms with Crippen molar-refractivity contribution in [3.8, 4) is 0 Å². The van der Waals surface area contributed by atoms with Crippen LogP contribution in [0.4, 0.5) is 4.79 Å². The van der Waals surface area contributed by atoms with Crippen molar-refractivity contribution in [1.29, 1.82) is 0 Å². The topological polar surface area (TPSA) is 90.2 Å². The third-order valence-electron chi connectivity index (χ3n) is 6.28. The quantitative estimate of drug-likeness (QED) is 0.755. The normalized spacial score (nSPS) is 27.5. The highest BCUT2D eigenvalue weighted by Gasteiger charge is 2.44. The van der Waals surface area contributed by atoms with Gasteiger partial charge >= 0.3 is 6.03 Å². The van der Waals surface area contributed by atoms with Crippen LogP contribution in [0, 0.1) is 5.92 Å². The number of nitrogens with two attached hydrogens (primary N) is 1. The van der Waals surface area contributed by atoms with E-state index in [-0.39, 0.29) is 23.9 Å².